The van der Waals surface area contributed by atoms with E-state index in [0.717, 1.165) is 16.8 Å². The molecule has 2 aromatic rings. The number of rotatable bonds is 4. The van der Waals surface area contributed by atoms with Crippen molar-refractivity contribution in [2.24, 2.45) is 0 Å². The van der Waals surface area contributed by atoms with Crippen molar-refractivity contribution in [2.45, 2.75) is 13.8 Å². The standard InChI is InChI=1S/C18H17N3O3S/c1-12-5-3-6-13(2)17(12)20-18(25)19-16(22)10-9-14-7-4-8-15(11-14)21(23)24/h3-11H,1-2H3,(H2,19,20,22,25)/b10-9+. The van der Waals surface area contributed by atoms with Crippen LogP contribution in [0.2, 0.25) is 0 Å². The number of nitrogens with zero attached hydrogens (tertiary/aromatic N) is 1. The van der Waals surface area contributed by atoms with E-state index in [2.05, 4.69) is 10.6 Å². The predicted molar refractivity (Wildman–Crippen MR) is 102 cm³/mol. The second-order valence-electron chi connectivity index (χ2n) is 5.40. The number of carbonyl (C=O) groups is 1. The predicted octanol–water partition coefficient (Wildman–Crippen LogP) is 3.74. The minimum Gasteiger partial charge on any atom is -0.332 e. The van der Waals surface area contributed by atoms with Crippen molar-refractivity contribution in [2.75, 3.05) is 5.32 Å². The first-order valence-corrected chi connectivity index (χ1v) is 7.88. The molecule has 0 saturated carbocycles. The van der Waals surface area contributed by atoms with Gasteiger partial charge in [0, 0.05) is 23.9 Å². The molecule has 0 radical (unpaired) electrons. The molecule has 2 N–H and O–H groups in total. The number of para-hydroxylation sites is 1. The van der Waals surface area contributed by atoms with E-state index >= 15 is 0 Å². The largest absolute Gasteiger partial charge is 0.332 e. The van der Waals surface area contributed by atoms with E-state index in [0.29, 0.717) is 5.56 Å². The number of aryl methyl sites for hydroxylation is 2. The molecule has 0 aromatic heterocycles. The number of non-ortho nitro benzene ring substituents is 1. The molecule has 0 atom stereocenters. The van der Waals surface area contributed by atoms with Gasteiger partial charge in [0.2, 0.25) is 5.91 Å². The fourth-order valence-corrected chi connectivity index (χ4v) is 2.43. The van der Waals surface area contributed by atoms with Crippen LogP contribution < -0.4 is 10.6 Å². The molecule has 0 heterocycles. The molecule has 0 unspecified atom stereocenters. The zero-order valence-electron chi connectivity index (χ0n) is 13.8. The zero-order valence-corrected chi connectivity index (χ0v) is 14.6. The number of hydrogen-bond donors (Lipinski definition) is 2. The summed E-state index contributed by atoms with van der Waals surface area (Å²) in [6, 6.07) is 11.8. The summed E-state index contributed by atoms with van der Waals surface area (Å²) >= 11 is 5.15. The van der Waals surface area contributed by atoms with Gasteiger partial charge in [-0.05, 0) is 48.8 Å². The fraction of sp³-hybridized carbons (Fsp3) is 0.111. The number of thiocarbonyl (C=S) groups is 1. The maximum Gasteiger partial charge on any atom is 0.270 e. The van der Waals surface area contributed by atoms with Crippen molar-refractivity contribution >= 4 is 40.7 Å². The Labute approximate surface area is 150 Å². The molecule has 0 fully saturated rings. The molecule has 0 aliphatic rings. The number of nitrogens with one attached hydrogen (secondary N) is 2. The molecule has 2 rings (SSSR count). The molecular weight excluding hydrogens is 338 g/mol. The topological polar surface area (TPSA) is 84.3 Å². The summed E-state index contributed by atoms with van der Waals surface area (Å²) in [5.74, 6) is -0.421. The summed E-state index contributed by atoms with van der Waals surface area (Å²) in [6.07, 6.45) is 2.77. The molecule has 0 aliphatic heterocycles. The van der Waals surface area contributed by atoms with Crippen LogP contribution in [0.5, 0.6) is 0 Å². The molecule has 128 valence electrons. The van der Waals surface area contributed by atoms with E-state index in [9.17, 15) is 14.9 Å². The van der Waals surface area contributed by atoms with Gasteiger partial charge in [0.15, 0.2) is 5.11 Å². The molecular formula is C18H17N3O3S. The molecule has 0 saturated heterocycles. The van der Waals surface area contributed by atoms with Crippen molar-refractivity contribution in [3.8, 4) is 0 Å². The number of carbonyl (C=O) groups excluding carboxylic acids is 1. The molecule has 7 heteroatoms. The van der Waals surface area contributed by atoms with Crippen LogP contribution in [0.25, 0.3) is 6.08 Å². The van der Waals surface area contributed by atoms with Gasteiger partial charge in [0.25, 0.3) is 5.69 Å². The van der Waals surface area contributed by atoms with Crippen LogP contribution in [0, 0.1) is 24.0 Å². The van der Waals surface area contributed by atoms with E-state index in [4.69, 9.17) is 12.2 Å². The first-order chi connectivity index (χ1) is 11.9. The lowest BCUT2D eigenvalue weighted by Crippen LogP contribution is -2.33. The molecule has 0 aliphatic carbocycles. The van der Waals surface area contributed by atoms with E-state index in [1.54, 1.807) is 12.1 Å². The first-order valence-electron chi connectivity index (χ1n) is 7.47. The van der Waals surface area contributed by atoms with Gasteiger partial charge in [-0.3, -0.25) is 20.2 Å². The smallest absolute Gasteiger partial charge is 0.270 e. The van der Waals surface area contributed by atoms with Crippen LogP contribution in [-0.2, 0) is 4.79 Å². The van der Waals surface area contributed by atoms with Gasteiger partial charge in [0.05, 0.1) is 4.92 Å². The van der Waals surface area contributed by atoms with E-state index in [1.807, 2.05) is 32.0 Å². The second-order valence-corrected chi connectivity index (χ2v) is 5.80. The van der Waals surface area contributed by atoms with Crippen molar-refractivity contribution in [1.82, 2.24) is 5.32 Å². The van der Waals surface area contributed by atoms with Crippen LogP contribution in [0.3, 0.4) is 0 Å². The highest BCUT2D eigenvalue weighted by Gasteiger charge is 2.07. The van der Waals surface area contributed by atoms with Gasteiger partial charge >= 0.3 is 0 Å². The maximum absolute atomic E-state index is 11.9. The van der Waals surface area contributed by atoms with Crippen LogP contribution in [-0.4, -0.2) is 15.9 Å². The molecule has 1 amide bonds. The summed E-state index contributed by atoms with van der Waals surface area (Å²) in [5.41, 5.74) is 3.41. The summed E-state index contributed by atoms with van der Waals surface area (Å²) in [4.78, 5) is 22.2. The average Bonchev–Trinajstić information content (AvgIpc) is 2.56. The van der Waals surface area contributed by atoms with Crippen molar-refractivity contribution in [1.29, 1.82) is 0 Å². The minimum atomic E-state index is -0.485. The third-order valence-electron chi connectivity index (χ3n) is 3.46. The zero-order chi connectivity index (χ0) is 18.4. The third-order valence-corrected chi connectivity index (χ3v) is 3.67. The lowest BCUT2D eigenvalue weighted by Gasteiger charge is -2.13. The Kier molecular flexibility index (Phi) is 5.97. The minimum absolute atomic E-state index is 0.0326. The fourth-order valence-electron chi connectivity index (χ4n) is 2.22. The number of anilines is 1. The molecule has 25 heavy (non-hydrogen) atoms. The Balaban J connectivity index is 1.99. The quantitative estimate of drug-likeness (QED) is 0.378. The Bertz CT molecular complexity index is 842. The normalized spacial score (nSPS) is 10.5. The van der Waals surface area contributed by atoms with E-state index in [1.165, 1.54) is 24.3 Å². The number of amides is 1. The number of nitro groups is 1. The van der Waals surface area contributed by atoms with Crippen LogP contribution in [0.15, 0.2) is 48.5 Å². The van der Waals surface area contributed by atoms with Crippen LogP contribution in [0.4, 0.5) is 11.4 Å². The van der Waals surface area contributed by atoms with Gasteiger partial charge in [0.1, 0.15) is 0 Å². The van der Waals surface area contributed by atoms with Gasteiger partial charge in [-0.15, -0.1) is 0 Å². The summed E-state index contributed by atoms with van der Waals surface area (Å²) in [5, 5.41) is 16.5. The Morgan fingerprint density at radius 1 is 1.16 bits per heavy atom. The monoisotopic (exact) mass is 355 g/mol. The SMILES string of the molecule is Cc1cccc(C)c1NC(=S)NC(=O)/C=C/c1cccc([N+](=O)[O-])c1. The highest BCUT2D eigenvalue weighted by atomic mass is 32.1. The van der Waals surface area contributed by atoms with Crippen molar-refractivity contribution < 1.29 is 9.72 Å². The number of nitro benzene ring substituents is 1. The molecule has 0 bridgehead atoms. The molecule has 2 aromatic carbocycles. The summed E-state index contributed by atoms with van der Waals surface area (Å²) in [6.45, 7) is 3.89. The van der Waals surface area contributed by atoms with Gasteiger partial charge < -0.3 is 5.32 Å². The van der Waals surface area contributed by atoms with E-state index < -0.39 is 10.8 Å². The van der Waals surface area contributed by atoms with Gasteiger partial charge in [-0.25, -0.2) is 0 Å². The maximum atomic E-state index is 11.9. The Morgan fingerprint density at radius 3 is 2.44 bits per heavy atom. The summed E-state index contributed by atoms with van der Waals surface area (Å²) in [7, 11) is 0. The highest BCUT2D eigenvalue weighted by molar-refractivity contribution is 7.80. The van der Waals surface area contributed by atoms with Gasteiger partial charge in [-0.2, -0.15) is 0 Å². The first kappa shape index (κ1) is 18.3. The number of hydrogen-bond acceptors (Lipinski definition) is 4. The van der Waals surface area contributed by atoms with Crippen LogP contribution in [0.1, 0.15) is 16.7 Å². The summed E-state index contributed by atoms with van der Waals surface area (Å²) < 4.78 is 0. The highest BCUT2D eigenvalue weighted by Crippen LogP contribution is 2.19. The van der Waals surface area contributed by atoms with Crippen molar-refractivity contribution in [3.05, 3.63) is 75.3 Å². The molecule has 0 spiro atoms. The van der Waals surface area contributed by atoms with Crippen molar-refractivity contribution in [3.63, 3.8) is 0 Å². The Hall–Kier alpha value is -3.06. The lowest BCUT2D eigenvalue weighted by molar-refractivity contribution is -0.384. The number of benzene rings is 2. The van der Waals surface area contributed by atoms with Crippen LogP contribution >= 0.6 is 12.2 Å². The Morgan fingerprint density at radius 2 is 1.80 bits per heavy atom. The average molecular weight is 355 g/mol. The third kappa shape index (κ3) is 5.22. The van der Waals surface area contributed by atoms with Gasteiger partial charge in [-0.1, -0.05) is 30.3 Å². The second kappa shape index (κ2) is 8.16. The lowest BCUT2D eigenvalue weighted by atomic mass is 10.1. The molecule has 6 nitrogen and oxygen atoms in total. The van der Waals surface area contributed by atoms with E-state index in [-0.39, 0.29) is 10.8 Å².